The van der Waals surface area contributed by atoms with Crippen LogP contribution in [0.4, 0.5) is 0 Å². The molecule has 0 spiro atoms. The van der Waals surface area contributed by atoms with Crippen molar-refractivity contribution in [3.05, 3.63) is 99.0 Å². The summed E-state index contributed by atoms with van der Waals surface area (Å²) < 4.78 is 5.61. The summed E-state index contributed by atoms with van der Waals surface area (Å²) in [7, 11) is 3.66. The molecular weight excluding hydrogens is 527 g/mol. The molecule has 5 rings (SSSR count). The molecule has 0 aromatic heterocycles. The number of carbonyl (C=O) groups excluding carboxylic acids is 1. The minimum absolute atomic E-state index is 0. The molecule has 2 atom stereocenters. The van der Waals surface area contributed by atoms with Crippen LogP contribution in [0.3, 0.4) is 0 Å². The number of fused-ring (bicyclic) bond motifs is 1. The fraction of sp³-hybridized carbons (Fsp3) is 0.367. The largest absolute Gasteiger partial charge is 0.496 e. The van der Waals surface area contributed by atoms with Crippen molar-refractivity contribution in [2.24, 2.45) is 0 Å². The molecule has 0 aliphatic carbocycles. The highest BCUT2D eigenvalue weighted by Crippen LogP contribution is 2.45. The first-order chi connectivity index (χ1) is 17.5. The molecule has 0 saturated carbocycles. The number of carbonyl (C=O) groups is 1. The van der Waals surface area contributed by atoms with Gasteiger partial charge in [-0.25, -0.2) is 0 Å². The van der Waals surface area contributed by atoms with E-state index in [2.05, 4.69) is 35.2 Å². The fourth-order valence-electron chi connectivity index (χ4n) is 6.00. The number of hydrogen-bond donors (Lipinski definition) is 0. The monoisotopic (exact) mass is 558 g/mol. The molecule has 0 radical (unpaired) electrons. The first-order valence-electron chi connectivity index (χ1n) is 12.6. The second-order valence-corrected chi connectivity index (χ2v) is 10.7. The highest BCUT2D eigenvalue weighted by atomic mass is 35.5. The number of methoxy groups -OCH3 is 1. The fourth-order valence-corrected chi connectivity index (χ4v) is 6.31. The van der Waals surface area contributed by atoms with Crippen molar-refractivity contribution in [1.82, 2.24) is 9.80 Å². The van der Waals surface area contributed by atoms with Crippen molar-refractivity contribution in [3.8, 4) is 5.75 Å². The molecule has 2 unspecified atom stereocenters. The SMILES string of the molecule is COc1ccccc1C1CCN(CCC(c2ccc(Cl)c(Cl)c2)C2c3ccccc3C(=O)N2C)CC1.Cl. The zero-order valence-electron chi connectivity index (χ0n) is 21.2. The maximum atomic E-state index is 13.1. The highest BCUT2D eigenvalue weighted by Gasteiger charge is 2.39. The van der Waals surface area contributed by atoms with Crippen LogP contribution in [0.25, 0.3) is 0 Å². The molecule has 2 aliphatic rings. The van der Waals surface area contributed by atoms with Gasteiger partial charge in [0.05, 0.1) is 23.2 Å². The van der Waals surface area contributed by atoms with Crippen LogP contribution in [0.5, 0.6) is 5.75 Å². The molecule has 3 aromatic carbocycles. The van der Waals surface area contributed by atoms with Crippen molar-refractivity contribution < 1.29 is 9.53 Å². The summed E-state index contributed by atoms with van der Waals surface area (Å²) in [5, 5.41) is 1.10. The van der Waals surface area contributed by atoms with Gasteiger partial charge in [-0.1, -0.05) is 65.7 Å². The summed E-state index contributed by atoms with van der Waals surface area (Å²) in [6.45, 7) is 3.06. The minimum atomic E-state index is -0.0305. The van der Waals surface area contributed by atoms with E-state index >= 15 is 0 Å². The molecular formula is C30H33Cl3N2O2. The Kier molecular flexibility index (Phi) is 9.07. The zero-order chi connectivity index (χ0) is 25.2. The summed E-state index contributed by atoms with van der Waals surface area (Å²) in [5.41, 5.74) is 4.33. The van der Waals surface area contributed by atoms with Crippen LogP contribution >= 0.6 is 35.6 Å². The van der Waals surface area contributed by atoms with E-state index in [-0.39, 0.29) is 30.3 Å². The summed E-state index contributed by atoms with van der Waals surface area (Å²) in [4.78, 5) is 17.5. The van der Waals surface area contributed by atoms with Crippen molar-refractivity contribution in [1.29, 1.82) is 0 Å². The van der Waals surface area contributed by atoms with Crippen LogP contribution in [0, 0.1) is 0 Å². The molecule has 0 N–H and O–H groups in total. The number of hydrogen-bond acceptors (Lipinski definition) is 3. The lowest BCUT2D eigenvalue weighted by molar-refractivity contribution is 0.0746. The molecule has 3 aromatic rings. The maximum Gasteiger partial charge on any atom is 0.254 e. The number of likely N-dealkylation sites (tertiary alicyclic amines) is 1. The van der Waals surface area contributed by atoms with Gasteiger partial charge in [-0.3, -0.25) is 4.79 Å². The Bertz CT molecular complexity index is 1240. The van der Waals surface area contributed by atoms with Gasteiger partial charge >= 0.3 is 0 Å². The predicted molar refractivity (Wildman–Crippen MR) is 154 cm³/mol. The van der Waals surface area contributed by atoms with Crippen molar-refractivity contribution in [3.63, 3.8) is 0 Å². The molecule has 2 heterocycles. The van der Waals surface area contributed by atoms with Crippen LogP contribution in [0.15, 0.2) is 66.7 Å². The van der Waals surface area contributed by atoms with E-state index in [9.17, 15) is 4.79 Å². The van der Waals surface area contributed by atoms with Gasteiger partial charge in [-0.05, 0) is 85.8 Å². The summed E-state index contributed by atoms with van der Waals surface area (Å²) in [6.07, 6.45) is 3.15. The van der Waals surface area contributed by atoms with Gasteiger partial charge in [0.25, 0.3) is 5.91 Å². The van der Waals surface area contributed by atoms with E-state index < -0.39 is 0 Å². The molecule has 1 saturated heterocycles. The van der Waals surface area contributed by atoms with E-state index in [1.54, 1.807) is 7.11 Å². The number of rotatable bonds is 7. The van der Waals surface area contributed by atoms with E-state index in [1.165, 1.54) is 5.56 Å². The van der Waals surface area contributed by atoms with Gasteiger partial charge in [0.15, 0.2) is 0 Å². The normalized spacial score (nSPS) is 18.9. The maximum absolute atomic E-state index is 13.1. The first kappa shape index (κ1) is 27.8. The van der Waals surface area contributed by atoms with Gasteiger partial charge in [0, 0.05) is 18.5 Å². The van der Waals surface area contributed by atoms with Gasteiger partial charge in [0.2, 0.25) is 0 Å². The lowest BCUT2D eigenvalue weighted by Gasteiger charge is -2.35. The zero-order valence-corrected chi connectivity index (χ0v) is 23.5. The molecule has 0 bridgehead atoms. The number of likely N-dealkylation sites (N-methyl/N-ethyl adjacent to an activating group) is 1. The molecule has 1 amide bonds. The lowest BCUT2D eigenvalue weighted by Crippen LogP contribution is -2.36. The Balaban J connectivity index is 0.00000320. The van der Waals surface area contributed by atoms with E-state index in [1.807, 2.05) is 48.3 Å². The molecule has 2 aliphatic heterocycles. The Morgan fingerprint density at radius 1 is 0.946 bits per heavy atom. The van der Waals surface area contributed by atoms with Gasteiger partial charge in [0.1, 0.15) is 5.75 Å². The number of nitrogens with zero attached hydrogens (tertiary/aromatic N) is 2. The van der Waals surface area contributed by atoms with E-state index in [0.717, 1.165) is 61.3 Å². The molecule has 4 nitrogen and oxygen atoms in total. The molecule has 196 valence electrons. The van der Waals surface area contributed by atoms with Gasteiger partial charge in [-0.15, -0.1) is 12.4 Å². The third kappa shape index (κ3) is 5.63. The number of halogens is 3. The minimum Gasteiger partial charge on any atom is -0.496 e. The number of piperidine rings is 1. The Morgan fingerprint density at radius 3 is 2.32 bits per heavy atom. The summed E-state index contributed by atoms with van der Waals surface area (Å²) in [6, 6.07) is 22.2. The van der Waals surface area contributed by atoms with Crippen LogP contribution in [0.2, 0.25) is 10.0 Å². The Labute approximate surface area is 235 Å². The highest BCUT2D eigenvalue weighted by molar-refractivity contribution is 6.42. The Morgan fingerprint density at radius 2 is 1.62 bits per heavy atom. The van der Waals surface area contributed by atoms with Crippen molar-refractivity contribution in [2.75, 3.05) is 33.8 Å². The molecule has 37 heavy (non-hydrogen) atoms. The topological polar surface area (TPSA) is 32.8 Å². The summed E-state index contributed by atoms with van der Waals surface area (Å²) in [5.74, 6) is 1.71. The van der Waals surface area contributed by atoms with Crippen LogP contribution < -0.4 is 4.74 Å². The third-order valence-corrected chi connectivity index (χ3v) is 8.66. The van der Waals surface area contributed by atoms with Crippen LogP contribution in [0.1, 0.15) is 64.2 Å². The van der Waals surface area contributed by atoms with Gasteiger partial charge < -0.3 is 14.5 Å². The smallest absolute Gasteiger partial charge is 0.254 e. The number of amides is 1. The van der Waals surface area contributed by atoms with E-state index in [4.69, 9.17) is 27.9 Å². The Hall–Kier alpha value is -2.24. The summed E-state index contributed by atoms with van der Waals surface area (Å²) >= 11 is 12.7. The van der Waals surface area contributed by atoms with Gasteiger partial charge in [-0.2, -0.15) is 0 Å². The standard InChI is InChI=1S/C30H32Cl2N2O2.ClH/c1-33-29(24-8-3-4-9-25(24)30(33)35)23(21-11-12-26(31)27(32)19-21)15-18-34-16-13-20(14-17-34)22-7-5-6-10-28(22)36-2;/h3-12,19-20,23,29H,13-18H2,1-2H3;1H. The molecule has 1 fully saturated rings. The molecule has 7 heteroatoms. The quantitative estimate of drug-likeness (QED) is 0.299. The average Bonchev–Trinajstić information content (AvgIpc) is 3.16. The number of ether oxygens (including phenoxy) is 1. The first-order valence-corrected chi connectivity index (χ1v) is 13.4. The van der Waals surface area contributed by atoms with E-state index in [0.29, 0.717) is 16.0 Å². The van der Waals surface area contributed by atoms with Crippen molar-refractivity contribution >= 4 is 41.5 Å². The number of para-hydroxylation sites is 1. The third-order valence-electron chi connectivity index (χ3n) is 7.92. The predicted octanol–water partition coefficient (Wildman–Crippen LogP) is 7.60. The van der Waals surface area contributed by atoms with Crippen LogP contribution in [-0.4, -0.2) is 49.5 Å². The lowest BCUT2D eigenvalue weighted by atomic mass is 9.84. The van der Waals surface area contributed by atoms with Crippen LogP contribution in [-0.2, 0) is 0 Å². The second-order valence-electron chi connectivity index (χ2n) is 9.87. The average molecular weight is 560 g/mol. The van der Waals surface area contributed by atoms with Crippen molar-refractivity contribution in [2.45, 2.75) is 37.1 Å². The number of benzene rings is 3. The second kappa shape index (κ2) is 12.1.